The van der Waals surface area contributed by atoms with E-state index in [1.165, 1.54) is 16.2 Å². The summed E-state index contributed by atoms with van der Waals surface area (Å²) < 4.78 is 0. The molecule has 1 aromatic carbocycles. The van der Waals surface area contributed by atoms with Crippen molar-refractivity contribution in [2.24, 2.45) is 0 Å². The van der Waals surface area contributed by atoms with Crippen molar-refractivity contribution in [3.8, 4) is 0 Å². The van der Waals surface area contributed by atoms with Crippen LogP contribution in [0.5, 0.6) is 0 Å². The van der Waals surface area contributed by atoms with Crippen molar-refractivity contribution in [2.45, 2.75) is 24.2 Å². The molecule has 1 atom stereocenters. The number of nitrogens with one attached hydrogen (secondary N) is 1. The molecule has 0 aliphatic carbocycles. The van der Waals surface area contributed by atoms with E-state index in [-0.39, 0.29) is 0 Å². The fraction of sp³-hybridized carbons (Fsp3) is 0.500. The molecule has 1 aliphatic heterocycles. The number of likely N-dealkylation sites (N-methyl/N-ethyl adjacent to an activating group) is 1. The van der Waals surface area contributed by atoms with Crippen molar-refractivity contribution in [2.75, 3.05) is 19.3 Å². The Balaban J connectivity index is 2.15. The summed E-state index contributed by atoms with van der Waals surface area (Å²) in [4.78, 5) is 1.51. The van der Waals surface area contributed by atoms with E-state index in [1.807, 2.05) is 18.8 Å². The summed E-state index contributed by atoms with van der Waals surface area (Å²) in [6.07, 6.45) is 1.14. The van der Waals surface area contributed by atoms with Crippen molar-refractivity contribution in [3.05, 3.63) is 29.3 Å². The molecule has 14 heavy (non-hydrogen) atoms. The van der Waals surface area contributed by atoms with Crippen LogP contribution in [0.15, 0.2) is 23.1 Å². The van der Waals surface area contributed by atoms with Crippen LogP contribution < -0.4 is 5.32 Å². The highest BCUT2D eigenvalue weighted by Crippen LogP contribution is 2.39. The van der Waals surface area contributed by atoms with Gasteiger partial charge in [-0.3, -0.25) is 0 Å². The second-order valence-corrected chi connectivity index (χ2v) is 5.00. The maximum atomic E-state index is 3.19. The molecule has 0 spiro atoms. The standard InChI is InChI=1S/C12H17NS/c1-9-8-14-12-7-10(5-6-13-2)3-4-11(9)12/h3-4,7,9,13H,5-6,8H2,1-2H3. The van der Waals surface area contributed by atoms with Gasteiger partial charge in [0.25, 0.3) is 0 Å². The Kier molecular flexibility index (Phi) is 3.14. The Bertz CT molecular complexity index is 322. The SMILES string of the molecule is CNCCc1ccc2c(c1)SCC2C. The Morgan fingerprint density at radius 1 is 1.50 bits per heavy atom. The molecule has 76 valence electrons. The topological polar surface area (TPSA) is 12.0 Å². The van der Waals surface area contributed by atoms with E-state index >= 15 is 0 Å². The summed E-state index contributed by atoms with van der Waals surface area (Å²) in [5.74, 6) is 2.00. The summed E-state index contributed by atoms with van der Waals surface area (Å²) in [7, 11) is 2.00. The molecule has 0 fully saturated rings. The first kappa shape index (κ1) is 10.1. The van der Waals surface area contributed by atoms with Gasteiger partial charge < -0.3 is 5.32 Å². The molecule has 2 rings (SSSR count). The van der Waals surface area contributed by atoms with E-state index in [2.05, 4.69) is 30.4 Å². The summed E-state index contributed by atoms with van der Waals surface area (Å²) in [6.45, 7) is 3.38. The minimum Gasteiger partial charge on any atom is -0.319 e. The summed E-state index contributed by atoms with van der Waals surface area (Å²) in [5.41, 5.74) is 3.00. The van der Waals surface area contributed by atoms with Crippen LogP contribution in [0.3, 0.4) is 0 Å². The number of thioether (sulfide) groups is 1. The molecule has 0 radical (unpaired) electrons. The summed E-state index contributed by atoms with van der Waals surface area (Å²) in [5, 5.41) is 3.19. The lowest BCUT2D eigenvalue weighted by Gasteiger charge is -2.05. The maximum Gasteiger partial charge on any atom is 0.0110 e. The molecule has 1 aromatic rings. The van der Waals surface area contributed by atoms with E-state index in [0.717, 1.165) is 18.9 Å². The van der Waals surface area contributed by atoms with Crippen molar-refractivity contribution in [1.82, 2.24) is 5.32 Å². The van der Waals surface area contributed by atoms with Gasteiger partial charge in [0.2, 0.25) is 0 Å². The van der Waals surface area contributed by atoms with Gasteiger partial charge in [-0.2, -0.15) is 0 Å². The third-order valence-corrected chi connectivity index (χ3v) is 4.09. The molecular weight excluding hydrogens is 190 g/mol. The molecule has 1 unspecified atom stereocenters. The van der Waals surface area contributed by atoms with Gasteiger partial charge in [0.05, 0.1) is 0 Å². The van der Waals surface area contributed by atoms with Crippen LogP contribution in [-0.4, -0.2) is 19.3 Å². The van der Waals surface area contributed by atoms with Crippen LogP contribution in [0, 0.1) is 0 Å². The van der Waals surface area contributed by atoms with Gasteiger partial charge in [-0.25, -0.2) is 0 Å². The largest absolute Gasteiger partial charge is 0.319 e. The number of hydrogen-bond acceptors (Lipinski definition) is 2. The Hall–Kier alpha value is -0.470. The zero-order valence-electron chi connectivity index (χ0n) is 8.84. The van der Waals surface area contributed by atoms with Crippen LogP contribution in [0.1, 0.15) is 24.0 Å². The van der Waals surface area contributed by atoms with Crippen LogP contribution in [-0.2, 0) is 6.42 Å². The van der Waals surface area contributed by atoms with Crippen LogP contribution in [0.4, 0.5) is 0 Å². The molecule has 0 bridgehead atoms. The van der Waals surface area contributed by atoms with Gasteiger partial charge in [0.1, 0.15) is 0 Å². The smallest absolute Gasteiger partial charge is 0.0110 e. The lowest BCUT2D eigenvalue weighted by atomic mass is 10.0. The molecule has 0 amide bonds. The van der Waals surface area contributed by atoms with Crippen molar-refractivity contribution in [1.29, 1.82) is 0 Å². The molecule has 0 saturated carbocycles. The van der Waals surface area contributed by atoms with Gasteiger partial charge in [0, 0.05) is 10.6 Å². The average molecular weight is 207 g/mol. The molecular formula is C12H17NS. The van der Waals surface area contributed by atoms with Crippen LogP contribution >= 0.6 is 11.8 Å². The molecule has 1 nitrogen and oxygen atoms in total. The highest BCUT2D eigenvalue weighted by atomic mass is 32.2. The number of rotatable bonds is 3. The first-order valence-corrected chi connectivity index (χ1v) is 6.20. The Labute approximate surface area is 90.3 Å². The summed E-state index contributed by atoms with van der Waals surface area (Å²) >= 11 is 2.00. The van der Waals surface area contributed by atoms with Gasteiger partial charge in [-0.05, 0) is 43.1 Å². The molecule has 2 heteroatoms. The average Bonchev–Trinajstić information content (AvgIpc) is 2.57. The number of fused-ring (bicyclic) bond motifs is 1. The van der Waals surface area contributed by atoms with Gasteiger partial charge in [-0.1, -0.05) is 19.1 Å². The first-order chi connectivity index (χ1) is 6.81. The molecule has 1 heterocycles. The Morgan fingerprint density at radius 2 is 2.36 bits per heavy atom. The quantitative estimate of drug-likeness (QED) is 0.818. The third-order valence-electron chi connectivity index (χ3n) is 2.76. The van der Waals surface area contributed by atoms with Crippen molar-refractivity contribution < 1.29 is 0 Å². The highest BCUT2D eigenvalue weighted by Gasteiger charge is 2.18. The van der Waals surface area contributed by atoms with Crippen molar-refractivity contribution in [3.63, 3.8) is 0 Å². The second-order valence-electron chi connectivity index (χ2n) is 3.94. The van der Waals surface area contributed by atoms with Crippen LogP contribution in [0.25, 0.3) is 0 Å². The van der Waals surface area contributed by atoms with Gasteiger partial charge in [-0.15, -0.1) is 11.8 Å². The summed E-state index contributed by atoms with van der Waals surface area (Å²) in [6, 6.07) is 6.95. The monoisotopic (exact) mass is 207 g/mol. The third kappa shape index (κ3) is 1.96. The lowest BCUT2D eigenvalue weighted by Crippen LogP contribution is -2.10. The zero-order valence-corrected chi connectivity index (χ0v) is 9.66. The van der Waals surface area contributed by atoms with E-state index in [9.17, 15) is 0 Å². The van der Waals surface area contributed by atoms with E-state index < -0.39 is 0 Å². The van der Waals surface area contributed by atoms with Crippen LogP contribution in [0.2, 0.25) is 0 Å². The normalized spacial score (nSPS) is 19.7. The maximum absolute atomic E-state index is 3.19. The first-order valence-electron chi connectivity index (χ1n) is 5.21. The zero-order chi connectivity index (χ0) is 9.97. The van der Waals surface area contributed by atoms with E-state index in [0.29, 0.717) is 0 Å². The molecule has 1 aliphatic rings. The molecule has 1 N–H and O–H groups in total. The minimum absolute atomic E-state index is 0.744. The van der Waals surface area contributed by atoms with Gasteiger partial charge in [0.15, 0.2) is 0 Å². The predicted octanol–water partition coefficient (Wildman–Crippen LogP) is 2.66. The molecule has 0 saturated heterocycles. The number of hydrogen-bond donors (Lipinski definition) is 1. The number of benzene rings is 1. The molecule has 0 aromatic heterocycles. The lowest BCUT2D eigenvalue weighted by molar-refractivity contribution is 0.788. The van der Waals surface area contributed by atoms with E-state index in [4.69, 9.17) is 0 Å². The highest BCUT2D eigenvalue weighted by molar-refractivity contribution is 7.99. The van der Waals surface area contributed by atoms with Gasteiger partial charge >= 0.3 is 0 Å². The minimum atomic E-state index is 0.744. The fourth-order valence-electron chi connectivity index (χ4n) is 1.84. The Morgan fingerprint density at radius 3 is 3.14 bits per heavy atom. The van der Waals surface area contributed by atoms with E-state index in [1.54, 1.807) is 5.56 Å². The fourth-order valence-corrected chi connectivity index (χ4v) is 3.12. The predicted molar refractivity (Wildman–Crippen MR) is 63.2 cm³/mol. The van der Waals surface area contributed by atoms with Crippen molar-refractivity contribution >= 4 is 11.8 Å². The second kappa shape index (κ2) is 4.37.